The predicted molar refractivity (Wildman–Crippen MR) is 75.6 cm³/mol. The fourth-order valence-electron chi connectivity index (χ4n) is 2.65. The van der Waals surface area contributed by atoms with Gasteiger partial charge in [0.25, 0.3) is 5.56 Å². The highest BCUT2D eigenvalue weighted by Gasteiger charge is 2.32. The Morgan fingerprint density at radius 2 is 2.11 bits per heavy atom. The van der Waals surface area contributed by atoms with Crippen LogP contribution in [-0.4, -0.2) is 34.3 Å². The Hall–Kier alpha value is -1.36. The number of rotatable bonds is 4. The molecule has 2 N–H and O–H groups in total. The molecule has 2 rings (SSSR count). The van der Waals surface area contributed by atoms with Gasteiger partial charge in [0.2, 0.25) is 0 Å². The van der Waals surface area contributed by atoms with Crippen molar-refractivity contribution in [2.24, 2.45) is 0 Å². The highest BCUT2D eigenvalue weighted by Crippen LogP contribution is 2.30. The quantitative estimate of drug-likeness (QED) is 0.868. The zero-order valence-electron chi connectivity index (χ0n) is 11.9. The molecule has 0 amide bonds. The molecule has 0 atom stereocenters. The smallest absolute Gasteiger partial charge is 0.252 e. The van der Waals surface area contributed by atoms with E-state index in [4.69, 9.17) is 0 Å². The molecule has 1 heterocycles. The zero-order valence-corrected chi connectivity index (χ0v) is 11.9. The van der Waals surface area contributed by atoms with Crippen molar-refractivity contribution in [2.75, 3.05) is 18.5 Å². The normalized spacial score (nSPS) is 17.9. The molecule has 0 aliphatic heterocycles. The Kier molecular flexibility index (Phi) is 3.94. The van der Waals surface area contributed by atoms with Gasteiger partial charge in [0, 0.05) is 25.6 Å². The molecule has 1 fully saturated rings. The van der Waals surface area contributed by atoms with Gasteiger partial charge in [0.1, 0.15) is 11.6 Å². The zero-order chi connectivity index (χ0) is 14.0. The van der Waals surface area contributed by atoms with Gasteiger partial charge < -0.3 is 15.0 Å². The summed E-state index contributed by atoms with van der Waals surface area (Å²) >= 11 is 0. The minimum absolute atomic E-state index is 0.140. The molecule has 5 heteroatoms. The van der Waals surface area contributed by atoms with Gasteiger partial charge in [-0.3, -0.25) is 4.79 Å². The Morgan fingerprint density at radius 1 is 1.47 bits per heavy atom. The maximum atomic E-state index is 11.7. The van der Waals surface area contributed by atoms with Crippen LogP contribution < -0.4 is 10.5 Å². The third-order valence-corrected chi connectivity index (χ3v) is 3.75. The third-order valence-electron chi connectivity index (χ3n) is 3.75. The lowest BCUT2D eigenvalue weighted by atomic mass is 10.0. The first kappa shape index (κ1) is 14.1. The number of hydrogen-bond donors (Lipinski definition) is 2. The Bertz CT molecular complexity index is 490. The van der Waals surface area contributed by atoms with Crippen LogP contribution in [0.15, 0.2) is 10.9 Å². The highest BCUT2D eigenvalue weighted by molar-refractivity contribution is 5.37. The van der Waals surface area contributed by atoms with Crippen LogP contribution in [0.1, 0.15) is 51.3 Å². The fraction of sp³-hybridized carbons (Fsp3) is 0.714. The number of likely N-dealkylation sites (N-methyl/N-ethyl adjacent to an activating group) is 1. The number of nitrogens with one attached hydrogen (secondary N) is 1. The van der Waals surface area contributed by atoms with E-state index < -0.39 is 5.60 Å². The molecule has 0 radical (unpaired) electrons. The second-order valence-corrected chi connectivity index (χ2v) is 5.93. The molecule has 0 bridgehead atoms. The van der Waals surface area contributed by atoms with E-state index in [0.717, 1.165) is 25.7 Å². The van der Waals surface area contributed by atoms with Crippen LogP contribution in [0.3, 0.4) is 0 Å². The molecule has 106 valence electrons. The van der Waals surface area contributed by atoms with E-state index in [-0.39, 0.29) is 11.5 Å². The minimum Gasteiger partial charge on any atom is -0.388 e. The number of anilines is 1. The summed E-state index contributed by atoms with van der Waals surface area (Å²) in [6.45, 7) is 4.51. The lowest BCUT2D eigenvalue weighted by molar-refractivity contribution is 0.0558. The van der Waals surface area contributed by atoms with Crippen molar-refractivity contribution >= 4 is 5.82 Å². The number of H-pyrrole nitrogens is 1. The van der Waals surface area contributed by atoms with E-state index in [1.807, 2.05) is 25.8 Å². The van der Waals surface area contributed by atoms with Crippen LogP contribution in [0.4, 0.5) is 5.82 Å². The summed E-state index contributed by atoms with van der Waals surface area (Å²) in [5, 5.41) is 10.4. The first-order chi connectivity index (χ1) is 8.89. The van der Waals surface area contributed by atoms with Crippen LogP contribution in [0.2, 0.25) is 0 Å². The summed E-state index contributed by atoms with van der Waals surface area (Å²) in [5.41, 5.74) is -0.768. The number of nitrogens with zero attached hydrogens (tertiary/aromatic N) is 2. The van der Waals surface area contributed by atoms with Gasteiger partial charge in [-0.2, -0.15) is 0 Å². The van der Waals surface area contributed by atoms with E-state index in [1.165, 1.54) is 6.07 Å². The average Bonchev–Trinajstić information content (AvgIpc) is 2.74. The summed E-state index contributed by atoms with van der Waals surface area (Å²) in [7, 11) is 1.88. The highest BCUT2D eigenvalue weighted by atomic mass is 16.3. The summed E-state index contributed by atoms with van der Waals surface area (Å²) < 4.78 is 0. The summed E-state index contributed by atoms with van der Waals surface area (Å²) in [4.78, 5) is 20.7. The van der Waals surface area contributed by atoms with E-state index >= 15 is 0 Å². The summed E-state index contributed by atoms with van der Waals surface area (Å²) in [6.07, 6.45) is 3.81. The summed E-state index contributed by atoms with van der Waals surface area (Å²) in [6, 6.07) is 1.49. The molecule has 1 aliphatic carbocycles. The van der Waals surface area contributed by atoms with E-state index in [1.54, 1.807) is 0 Å². The topological polar surface area (TPSA) is 69.2 Å². The lowest BCUT2D eigenvalue weighted by Crippen LogP contribution is -2.40. The SMILES string of the molecule is CC(C)c1nc(N(C)CC2(O)CCCC2)cc(=O)[nH]1. The third kappa shape index (κ3) is 3.35. The fourth-order valence-corrected chi connectivity index (χ4v) is 2.65. The maximum Gasteiger partial charge on any atom is 0.252 e. The van der Waals surface area contributed by atoms with Crippen LogP contribution in [-0.2, 0) is 0 Å². The minimum atomic E-state index is -0.628. The summed E-state index contributed by atoms with van der Waals surface area (Å²) in [5.74, 6) is 1.50. The Balaban J connectivity index is 2.18. The molecule has 1 aromatic heterocycles. The van der Waals surface area contributed by atoms with Crippen LogP contribution in [0.25, 0.3) is 0 Å². The van der Waals surface area contributed by atoms with Gasteiger partial charge in [-0.05, 0) is 12.8 Å². The first-order valence-corrected chi connectivity index (χ1v) is 6.94. The number of hydrogen-bond acceptors (Lipinski definition) is 4. The molecule has 19 heavy (non-hydrogen) atoms. The van der Waals surface area contributed by atoms with Crippen LogP contribution in [0.5, 0.6) is 0 Å². The molecule has 0 spiro atoms. The van der Waals surface area contributed by atoms with E-state index in [0.29, 0.717) is 18.2 Å². The van der Waals surface area contributed by atoms with Gasteiger partial charge in [-0.15, -0.1) is 0 Å². The largest absolute Gasteiger partial charge is 0.388 e. The molecular weight excluding hydrogens is 242 g/mol. The van der Waals surface area contributed by atoms with Crippen molar-refractivity contribution in [1.82, 2.24) is 9.97 Å². The van der Waals surface area contributed by atoms with E-state index in [9.17, 15) is 9.90 Å². The maximum absolute atomic E-state index is 11.7. The molecule has 5 nitrogen and oxygen atoms in total. The second kappa shape index (κ2) is 5.33. The van der Waals surface area contributed by atoms with Gasteiger partial charge in [0.15, 0.2) is 0 Å². The van der Waals surface area contributed by atoms with Gasteiger partial charge in [-0.25, -0.2) is 4.98 Å². The van der Waals surface area contributed by atoms with Gasteiger partial charge in [0.05, 0.1) is 5.60 Å². The molecule has 0 saturated heterocycles. The monoisotopic (exact) mass is 265 g/mol. The van der Waals surface area contributed by atoms with Crippen molar-refractivity contribution in [2.45, 2.75) is 51.0 Å². The van der Waals surface area contributed by atoms with Gasteiger partial charge >= 0.3 is 0 Å². The predicted octanol–water partition coefficient (Wildman–Crippen LogP) is 1.63. The van der Waals surface area contributed by atoms with Crippen molar-refractivity contribution in [1.29, 1.82) is 0 Å². The number of aromatic amines is 1. The van der Waals surface area contributed by atoms with Crippen molar-refractivity contribution < 1.29 is 5.11 Å². The Labute approximate surface area is 113 Å². The molecule has 1 saturated carbocycles. The number of aromatic nitrogens is 2. The van der Waals surface area contributed by atoms with Crippen molar-refractivity contribution in [3.8, 4) is 0 Å². The average molecular weight is 265 g/mol. The standard InChI is InChI=1S/C14H23N3O2/c1-10(2)13-15-11(8-12(18)16-13)17(3)9-14(19)6-4-5-7-14/h8,10,19H,4-7,9H2,1-3H3,(H,15,16,18). The molecule has 1 aliphatic rings. The Morgan fingerprint density at radius 3 is 2.68 bits per heavy atom. The van der Waals surface area contributed by atoms with Crippen molar-refractivity contribution in [3.05, 3.63) is 22.2 Å². The van der Waals surface area contributed by atoms with E-state index in [2.05, 4.69) is 9.97 Å². The molecular formula is C14H23N3O2. The van der Waals surface area contributed by atoms with Gasteiger partial charge in [-0.1, -0.05) is 26.7 Å². The van der Waals surface area contributed by atoms with Crippen LogP contribution in [0, 0.1) is 0 Å². The second-order valence-electron chi connectivity index (χ2n) is 5.93. The molecule has 0 unspecified atom stereocenters. The first-order valence-electron chi connectivity index (χ1n) is 6.94. The number of aliphatic hydroxyl groups is 1. The lowest BCUT2D eigenvalue weighted by Gasteiger charge is -2.29. The molecule has 1 aromatic rings. The van der Waals surface area contributed by atoms with Crippen LogP contribution >= 0.6 is 0 Å². The van der Waals surface area contributed by atoms with Crippen molar-refractivity contribution in [3.63, 3.8) is 0 Å². The molecule has 0 aromatic carbocycles.